The van der Waals surface area contributed by atoms with Crippen molar-refractivity contribution in [1.82, 2.24) is 14.5 Å². The van der Waals surface area contributed by atoms with E-state index in [9.17, 15) is 0 Å². The van der Waals surface area contributed by atoms with Crippen molar-refractivity contribution in [3.8, 4) is 16.9 Å². The lowest BCUT2D eigenvalue weighted by Crippen LogP contribution is -2.19. The molecule has 29 heavy (non-hydrogen) atoms. The average molecular weight is 383 g/mol. The third kappa shape index (κ3) is 3.76. The standard InChI is InChI=1S/C25H25N3O/c1-27-18-26-24-11-10-20(15-25(24)27)19-8-4-9-23(14-19)29-13-5-12-28-16-21-6-2-3-7-22(21)17-28/h2-4,6-11,14-15,18H,5,12-13,16-17H2,1H3. The fraction of sp³-hybridized carbons (Fsp3) is 0.240. The second kappa shape index (κ2) is 7.72. The van der Waals surface area contributed by atoms with Crippen LogP contribution in [0, 0.1) is 0 Å². The maximum Gasteiger partial charge on any atom is 0.119 e. The molecule has 0 N–H and O–H groups in total. The van der Waals surface area contributed by atoms with Crippen LogP contribution in [-0.4, -0.2) is 27.6 Å². The minimum atomic E-state index is 0.733. The van der Waals surface area contributed by atoms with E-state index < -0.39 is 0 Å². The first-order valence-electron chi connectivity index (χ1n) is 10.2. The Bertz CT molecular complexity index is 1120. The van der Waals surface area contributed by atoms with Gasteiger partial charge in [0.05, 0.1) is 24.0 Å². The highest BCUT2D eigenvalue weighted by molar-refractivity contribution is 5.82. The molecule has 146 valence electrons. The van der Waals surface area contributed by atoms with Gasteiger partial charge in [0, 0.05) is 26.7 Å². The van der Waals surface area contributed by atoms with Crippen molar-refractivity contribution in [1.29, 1.82) is 0 Å². The van der Waals surface area contributed by atoms with Gasteiger partial charge < -0.3 is 9.30 Å². The van der Waals surface area contributed by atoms with Gasteiger partial charge in [0.15, 0.2) is 0 Å². The predicted octanol–water partition coefficient (Wildman–Crippen LogP) is 5.03. The molecule has 2 heterocycles. The maximum atomic E-state index is 6.06. The van der Waals surface area contributed by atoms with E-state index in [2.05, 4.69) is 75.1 Å². The highest BCUT2D eigenvalue weighted by Crippen LogP contribution is 2.27. The zero-order valence-electron chi connectivity index (χ0n) is 16.7. The smallest absolute Gasteiger partial charge is 0.119 e. The number of ether oxygens (including phenoxy) is 1. The van der Waals surface area contributed by atoms with Crippen molar-refractivity contribution >= 4 is 11.0 Å². The van der Waals surface area contributed by atoms with Crippen LogP contribution in [0.4, 0.5) is 0 Å². The molecule has 1 aliphatic rings. The summed E-state index contributed by atoms with van der Waals surface area (Å²) in [4.78, 5) is 6.89. The summed E-state index contributed by atoms with van der Waals surface area (Å²) in [5.41, 5.74) is 7.44. The summed E-state index contributed by atoms with van der Waals surface area (Å²) in [6.45, 7) is 3.91. The Balaban J connectivity index is 1.19. The zero-order valence-corrected chi connectivity index (χ0v) is 16.7. The van der Waals surface area contributed by atoms with Crippen LogP contribution < -0.4 is 4.74 Å². The van der Waals surface area contributed by atoms with Crippen LogP contribution in [-0.2, 0) is 20.1 Å². The Morgan fingerprint density at radius 3 is 2.52 bits per heavy atom. The van der Waals surface area contributed by atoms with Gasteiger partial charge in [-0.3, -0.25) is 4.90 Å². The molecule has 0 bridgehead atoms. The number of hydrogen-bond acceptors (Lipinski definition) is 3. The summed E-state index contributed by atoms with van der Waals surface area (Å²) in [6.07, 6.45) is 2.88. The summed E-state index contributed by atoms with van der Waals surface area (Å²) in [7, 11) is 2.03. The highest BCUT2D eigenvalue weighted by Gasteiger charge is 2.17. The largest absolute Gasteiger partial charge is 0.494 e. The SMILES string of the molecule is Cn1cnc2ccc(-c3cccc(OCCCN4Cc5ccccc5C4)c3)cc21. The van der Waals surface area contributed by atoms with Crippen LogP contribution in [0.2, 0.25) is 0 Å². The van der Waals surface area contributed by atoms with Crippen molar-refractivity contribution < 1.29 is 4.74 Å². The highest BCUT2D eigenvalue weighted by atomic mass is 16.5. The third-order valence-electron chi connectivity index (χ3n) is 5.69. The Hall–Kier alpha value is -3.11. The molecule has 5 rings (SSSR count). The van der Waals surface area contributed by atoms with Gasteiger partial charge in [0.1, 0.15) is 5.75 Å². The summed E-state index contributed by atoms with van der Waals surface area (Å²) in [5, 5.41) is 0. The van der Waals surface area contributed by atoms with E-state index >= 15 is 0 Å². The second-order valence-corrected chi connectivity index (χ2v) is 7.77. The Kier molecular flexibility index (Phi) is 4.78. The third-order valence-corrected chi connectivity index (χ3v) is 5.69. The first-order valence-corrected chi connectivity index (χ1v) is 10.2. The van der Waals surface area contributed by atoms with Crippen LogP contribution in [0.1, 0.15) is 17.5 Å². The molecule has 1 aromatic heterocycles. The van der Waals surface area contributed by atoms with Crippen LogP contribution in [0.3, 0.4) is 0 Å². The van der Waals surface area contributed by atoms with Gasteiger partial charge in [-0.15, -0.1) is 0 Å². The normalized spacial score (nSPS) is 13.7. The van der Waals surface area contributed by atoms with Crippen LogP contribution in [0.25, 0.3) is 22.2 Å². The van der Waals surface area contributed by atoms with E-state index in [0.29, 0.717) is 0 Å². The number of aryl methyl sites for hydroxylation is 1. The quantitative estimate of drug-likeness (QED) is 0.438. The molecule has 0 atom stereocenters. The summed E-state index contributed by atoms with van der Waals surface area (Å²) in [6, 6.07) is 23.5. The minimum absolute atomic E-state index is 0.733. The van der Waals surface area contributed by atoms with Gasteiger partial charge >= 0.3 is 0 Å². The van der Waals surface area contributed by atoms with Gasteiger partial charge in [-0.25, -0.2) is 4.98 Å². The van der Waals surface area contributed by atoms with Crippen LogP contribution in [0.5, 0.6) is 5.75 Å². The molecule has 0 radical (unpaired) electrons. The van der Waals surface area contributed by atoms with Crippen LogP contribution >= 0.6 is 0 Å². The lowest BCUT2D eigenvalue weighted by Gasteiger charge is -2.15. The molecule has 0 amide bonds. The van der Waals surface area contributed by atoms with E-state index in [0.717, 1.165) is 49.4 Å². The average Bonchev–Trinajstić information content (AvgIpc) is 3.34. The molecular formula is C25H25N3O. The Morgan fingerprint density at radius 1 is 0.897 bits per heavy atom. The molecule has 0 aliphatic carbocycles. The van der Waals surface area contributed by atoms with Crippen molar-refractivity contribution in [3.63, 3.8) is 0 Å². The lowest BCUT2D eigenvalue weighted by molar-refractivity contribution is 0.238. The number of hydrogen-bond donors (Lipinski definition) is 0. The van der Waals surface area contributed by atoms with E-state index in [1.54, 1.807) is 0 Å². The van der Waals surface area contributed by atoms with Gasteiger partial charge in [-0.2, -0.15) is 0 Å². The van der Waals surface area contributed by atoms with Gasteiger partial charge in [-0.1, -0.05) is 42.5 Å². The first kappa shape index (κ1) is 18.0. The van der Waals surface area contributed by atoms with Gasteiger partial charge in [0.25, 0.3) is 0 Å². The van der Waals surface area contributed by atoms with Crippen LogP contribution in [0.15, 0.2) is 73.1 Å². The second-order valence-electron chi connectivity index (χ2n) is 7.77. The molecule has 3 aromatic carbocycles. The monoisotopic (exact) mass is 383 g/mol. The first-order chi connectivity index (χ1) is 14.3. The molecule has 0 fully saturated rings. The molecule has 0 saturated heterocycles. The number of nitrogens with zero attached hydrogens (tertiary/aromatic N) is 3. The molecule has 0 spiro atoms. The van der Waals surface area contributed by atoms with Gasteiger partial charge in [0.2, 0.25) is 0 Å². The zero-order chi connectivity index (χ0) is 19.6. The molecule has 4 heteroatoms. The molecule has 4 aromatic rings. The summed E-state index contributed by atoms with van der Waals surface area (Å²) >= 11 is 0. The van der Waals surface area contributed by atoms with Crippen molar-refractivity contribution in [2.45, 2.75) is 19.5 Å². The fourth-order valence-electron chi connectivity index (χ4n) is 4.11. The van der Waals surface area contributed by atoms with Crippen molar-refractivity contribution in [3.05, 3.63) is 84.2 Å². The molecule has 0 unspecified atom stereocenters. The number of aromatic nitrogens is 2. The van der Waals surface area contributed by atoms with Crippen molar-refractivity contribution in [2.24, 2.45) is 7.05 Å². The number of fused-ring (bicyclic) bond motifs is 2. The minimum Gasteiger partial charge on any atom is -0.494 e. The van der Waals surface area contributed by atoms with Gasteiger partial charge in [-0.05, 0) is 52.9 Å². The topological polar surface area (TPSA) is 30.3 Å². The summed E-state index contributed by atoms with van der Waals surface area (Å²) < 4.78 is 8.11. The summed E-state index contributed by atoms with van der Waals surface area (Å²) in [5.74, 6) is 0.928. The molecular weight excluding hydrogens is 358 g/mol. The number of benzene rings is 3. The predicted molar refractivity (Wildman–Crippen MR) is 117 cm³/mol. The number of imidazole rings is 1. The molecule has 4 nitrogen and oxygen atoms in total. The number of rotatable bonds is 6. The van der Waals surface area contributed by atoms with E-state index in [1.807, 2.05) is 19.4 Å². The van der Waals surface area contributed by atoms with Crippen molar-refractivity contribution in [2.75, 3.05) is 13.2 Å². The van der Waals surface area contributed by atoms with E-state index in [-0.39, 0.29) is 0 Å². The Morgan fingerprint density at radius 2 is 1.69 bits per heavy atom. The van der Waals surface area contributed by atoms with E-state index in [4.69, 9.17) is 4.74 Å². The maximum absolute atomic E-state index is 6.06. The Labute approximate surface area is 171 Å². The van der Waals surface area contributed by atoms with E-state index in [1.165, 1.54) is 22.3 Å². The molecule has 0 saturated carbocycles. The lowest BCUT2D eigenvalue weighted by atomic mass is 10.0. The fourth-order valence-corrected chi connectivity index (χ4v) is 4.11. The molecule has 1 aliphatic heterocycles.